The number of likely N-dealkylation sites (N-methyl/N-ethyl adjacent to an activating group) is 1. The number of ketones is 2. The van der Waals surface area contributed by atoms with E-state index in [1.54, 1.807) is 31.1 Å². The van der Waals surface area contributed by atoms with Gasteiger partial charge in [0.15, 0.2) is 17.1 Å². The number of aliphatic hydroxyl groups is 3. The predicted molar refractivity (Wildman–Crippen MR) is 153 cm³/mol. The average molecular weight is 574 g/mol. The number of nitrogens with two attached hydrogens (primary N) is 1. The second-order valence-corrected chi connectivity index (χ2v) is 11.6. The average Bonchev–Trinajstić information content (AvgIpc) is 3.34. The van der Waals surface area contributed by atoms with Crippen LogP contribution < -0.4 is 10.6 Å². The van der Waals surface area contributed by atoms with Crippen LogP contribution in [-0.2, 0) is 20.8 Å². The number of para-hydroxylation sites is 2. The third-order valence-electron chi connectivity index (χ3n) is 8.87. The number of rotatable bonds is 4. The van der Waals surface area contributed by atoms with Gasteiger partial charge >= 0.3 is 0 Å². The Balaban J connectivity index is 1.61. The minimum absolute atomic E-state index is 0.0188. The van der Waals surface area contributed by atoms with Gasteiger partial charge in [-0.2, -0.15) is 0 Å². The number of hydrogen-bond acceptors (Lipinski definition) is 10. The number of nitrogens with zero attached hydrogens (tertiary/aromatic N) is 4. The van der Waals surface area contributed by atoms with Crippen LogP contribution in [0.2, 0.25) is 0 Å². The Morgan fingerprint density at radius 3 is 2.45 bits per heavy atom. The number of phenols is 1. The molecule has 12 heteroatoms. The lowest BCUT2D eigenvalue weighted by Crippen LogP contribution is -2.65. The Labute approximate surface area is 240 Å². The molecule has 0 bridgehead atoms. The molecule has 12 nitrogen and oxygen atoms in total. The normalized spacial score (nSPS) is 25.5. The molecule has 3 aliphatic rings. The molecule has 6 N–H and O–H groups in total. The SMILES string of the molecule is CN(C)c1cc(-n2cnc3ccccc32)c(O)c2c1C[C@H]1C[C@H]3[C@H](N(C)C)C(=O)C(C(N)=O)=C(O)[C@@]3(O)C(=O)C1=C2O. The summed E-state index contributed by atoms with van der Waals surface area (Å²) in [4.78, 5) is 47.4. The number of benzene rings is 2. The molecule has 0 spiro atoms. The summed E-state index contributed by atoms with van der Waals surface area (Å²) < 4.78 is 1.68. The van der Waals surface area contributed by atoms with Crippen molar-refractivity contribution in [2.75, 3.05) is 33.1 Å². The topological polar surface area (TPSA) is 182 Å². The van der Waals surface area contributed by atoms with Gasteiger partial charge in [0.2, 0.25) is 5.78 Å². The van der Waals surface area contributed by atoms with E-state index in [0.29, 0.717) is 28.0 Å². The highest BCUT2D eigenvalue weighted by atomic mass is 16.3. The monoisotopic (exact) mass is 573 g/mol. The molecule has 1 amide bonds. The maximum absolute atomic E-state index is 14.2. The number of anilines is 1. The van der Waals surface area contributed by atoms with E-state index in [-0.39, 0.29) is 29.7 Å². The molecule has 1 aromatic heterocycles. The first-order valence-electron chi connectivity index (χ1n) is 13.4. The van der Waals surface area contributed by atoms with Crippen molar-refractivity contribution in [3.8, 4) is 11.4 Å². The maximum Gasteiger partial charge on any atom is 0.255 e. The van der Waals surface area contributed by atoms with Crippen molar-refractivity contribution in [2.24, 2.45) is 17.6 Å². The lowest BCUT2D eigenvalue weighted by Gasteiger charge is -2.50. The highest BCUT2D eigenvalue weighted by molar-refractivity contribution is 6.24. The van der Waals surface area contributed by atoms with Crippen molar-refractivity contribution in [1.82, 2.24) is 14.5 Å². The first-order valence-corrected chi connectivity index (χ1v) is 13.4. The highest BCUT2D eigenvalue weighted by Gasteiger charge is 2.64. The summed E-state index contributed by atoms with van der Waals surface area (Å²) >= 11 is 0. The van der Waals surface area contributed by atoms with Gasteiger partial charge in [-0.15, -0.1) is 0 Å². The molecule has 4 atom stereocenters. The fourth-order valence-corrected chi connectivity index (χ4v) is 7.01. The minimum Gasteiger partial charge on any atom is -0.508 e. The van der Waals surface area contributed by atoms with Crippen molar-refractivity contribution >= 4 is 40.0 Å². The van der Waals surface area contributed by atoms with Gasteiger partial charge in [-0.25, -0.2) is 4.98 Å². The van der Waals surface area contributed by atoms with Crippen LogP contribution in [0.3, 0.4) is 0 Å². The number of aromatic nitrogens is 2. The Kier molecular flexibility index (Phi) is 6.00. The second kappa shape index (κ2) is 9.16. The molecule has 3 aliphatic carbocycles. The van der Waals surface area contributed by atoms with E-state index in [2.05, 4.69) is 4.98 Å². The zero-order chi connectivity index (χ0) is 30.4. The Morgan fingerprint density at radius 2 is 1.81 bits per heavy atom. The van der Waals surface area contributed by atoms with Crippen LogP contribution in [0.15, 0.2) is 53.6 Å². The van der Waals surface area contributed by atoms with Gasteiger partial charge in [0, 0.05) is 31.3 Å². The largest absolute Gasteiger partial charge is 0.508 e. The number of hydrogen-bond donors (Lipinski definition) is 5. The molecule has 0 saturated heterocycles. The molecule has 1 fully saturated rings. The quantitative estimate of drug-likeness (QED) is 0.286. The van der Waals surface area contributed by atoms with Gasteiger partial charge in [-0.1, -0.05) is 12.1 Å². The van der Waals surface area contributed by atoms with E-state index in [0.717, 1.165) is 0 Å². The summed E-state index contributed by atoms with van der Waals surface area (Å²) in [5, 5.41) is 46.2. The number of carbonyl (C=O) groups is 3. The number of primary amides is 1. The van der Waals surface area contributed by atoms with E-state index in [1.807, 2.05) is 43.3 Å². The minimum atomic E-state index is -2.69. The van der Waals surface area contributed by atoms with Crippen LogP contribution >= 0.6 is 0 Å². The number of fused-ring (bicyclic) bond motifs is 4. The third kappa shape index (κ3) is 3.48. The zero-order valence-electron chi connectivity index (χ0n) is 23.5. The number of phenolic OH excluding ortho intramolecular Hbond substituents is 1. The lowest BCUT2D eigenvalue weighted by atomic mass is 9.57. The van der Waals surface area contributed by atoms with E-state index < -0.39 is 58.0 Å². The number of aromatic hydroxyl groups is 1. The van der Waals surface area contributed by atoms with Gasteiger partial charge in [0.1, 0.15) is 23.4 Å². The van der Waals surface area contributed by atoms with Crippen molar-refractivity contribution < 1.29 is 34.8 Å². The summed E-state index contributed by atoms with van der Waals surface area (Å²) in [6.45, 7) is 0. The highest BCUT2D eigenvalue weighted by Crippen LogP contribution is 2.54. The van der Waals surface area contributed by atoms with Crippen molar-refractivity contribution in [3.05, 3.63) is 64.7 Å². The van der Waals surface area contributed by atoms with Gasteiger partial charge < -0.3 is 31.1 Å². The van der Waals surface area contributed by atoms with Crippen LogP contribution in [0.5, 0.6) is 5.75 Å². The summed E-state index contributed by atoms with van der Waals surface area (Å²) in [5.74, 6) is -6.86. The molecule has 3 aromatic rings. The molecule has 218 valence electrons. The molecule has 6 rings (SSSR count). The molecule has 0 unspecified atom stereocenters. The van der Waals surface area contributed by atoms with E-state index in [1.165, 1.54) is 4.90 Å². The smallest absolute Gasteiger partial charge is 0.255 e. The van der Waals surface area contributed by atoms with Crippen molar-refractivity contribution in [2.45, 2.75) is 24.5 Å². The van der Waals surface area contributed by atoms with E-state index >= 15 is 0 Å². The standard InChI is InChI=1S/C30H31N5O7/c1-33(2)18-11-19(35-12-32-16-7-5-6-8-17(16)35)24(36)21-14(18)9-13-10-15-23(34(3)4)26(38)22(29(31)41)28(40)30(15,42)27(39)20(13)25(21)37/h5-8,11-13,15,23,36-37,40,42H,9-10H2,1-4H3,(H2,31,41)/t13-,15-,23-,30-/m0/s1. The molecule has 0 aliphatic heterocycles. The number of aliphatic hydroxyl groups excluding tert-OH is 2. The van der Waals surface area contributed by atoms with Crippen LogP contribution in [0.25, 0.3) is 22.5 Å². The molecule has 0 radical (unpaired) electrons. The van der Waals surface area contributed by atoms with Crippen LogP contribution in [-0.4, -0.2) is 92.2 Å². The van der Waals surface area contributed by atoms with Crippen molar-refractivity contribution in [3.63, 3.8) is 0 Å². The fourth-order valence-electron chi connectivity index (χ4n) is 7.01. The second-order valence-electron chi connectivity index (χ2n) is 11.6. The zero-order valence-corrected chi connectivity index (χ0v) is 23.5. The first kappa shape index (κ1) is 27.5. The lowest BCUT2D eigenvalue weighted by molar-refractivity contribution is -0.153. The van der Waals surface area contributed by atoms with Crippen molar-refractivity contribution in [1.29, 1.82) is 0 Å². The van der Waals surface area contributed by atoms with Gasteiger partial charge in [0.25, 0.3) is 5.91 Å². The van der Waals surface area contributed by atoms with Gasteiger partial charge in [-0.3, -0.25) is 23.9 Å². The molecule has 1 saturated carbocycles. The van der Waals surface area contributed by atoms with E-state index in [9.17, 15) is 34.8 Å². The Bertz CT molecular complexity index is 1790. The summed E-state index contributed by atoms with van der Waals surface area (Å²) in [5.41, 5.74) is 4.65. The van der Waals surface area contributed by atoms with Crippen LogP contribution in [0.4, 0.5) is 5.69 Å². The number of Topliss-reactive ketones (excluding diaryl/α,β-unsaturated/α-hetero) is 2. The Hall–Kier alpha value is -4.68. The molecular formula is C30H31N5O7. The first-order chi connectivity index (χ1) is 19.8. The number of imidazole rings is 1. The Morgan fingerprint density at radius 1 is 1.12 bits per heavy atom. The van der Waals surface area contributed by atoms with Crippen LogP contribution in [0, 0.1) is 11.8 Å². The number of amides is 1. The molecular weight excluding hydrogens is 542 g/mol. The van der Waals surface area contributed by atoms with Gasteiger partial charge in [-0.05, 0) is 56.6 Å². The maximum atomic E-state index is 14.2. The summed E-state index contributed by atoms with van der Waals surface area (Å²) in [6, 6.07) is 7.98. The molecule has 1 heterocycles. The predicted octanol–water partition coefficient (Wildman–Crippen LogP) is 1.37. The fraction of sp³-hybridized carbons (Fsp3) is 0.333. The third-order valence-corrected chi connectivity index (χ3v) is 8.87. The molecule has 42 heavy (non-hydrogen) atoms. The van der Waals surface area contributed by atoms with Gasteiger partial charge in [0.05, 0.1) is 28.3 Å². The van der Waals surface area contributed by atoms with E-state index in [4.69, 9.17) is 5.73 Å². The number of carbonyl (C=O) groups excluding carboxylic acids is 3. The summed E-state index contributed by atoms with van der Waals surface area (Å²) in [7, 11) is 6.77. The van der Waals surface area contributed by atoms with Crippen LogP contribution in [0.1, 0.15) is 17.5 Å². The molecule has 2 aromatic carbocycles. The summed E-state index contributed by atoms with van der Waals surface area (Å²) in [6.07, 6.45) is 1.77.